The molecule has 34 heavy (non-hydrogen) atoms. The van der Waals surface area contributed by atoms with Crippen LogP contribution in [0.3, 0.4) is 0 Å². The number of anilines is 3. The van der Waals surface area contributed by atoms with Crippen LogP contribution in [0.25, 0.3) is 10.9 Å². The maximum atomic E-state index is 13.5. The molecule has 0 aliphatic carbocycles. The highest BCUT2D eigenvalue weighted by Crippen LogP contribution is 2.34. The normalized spacial score (nSPS) is 11.7. The lowest BCUT2D eigenvalue weighted by Crippen LogP contribution is -2.13. The fraction of sp³-hybridized carbons (Fsp3) is 0.227. The highest BCUT2D eigenvalue weighted by molar-refractivity contribution is 6.31. The summed E-state index contributed by atoms with van der Waals surface area (Å²) in [7, 11) is 0. The second-order valence-corrected chi connectivity index (χ2v) is 7.16. The van der Waals surface area contributed by atoms with Crippen molar-refractivity contribution in [3.63, 3.8) is 0 Å². The van der Waals surface area contributed by atoms with Crippen molar-refractivity contribution >= 4 is 45.6 Å². The topological polar surface area (TPSA) is 85.4 Å². The summed E-state index contributed by atoms with van der Waals surface area (Å²) in [6.45, 7) is 2.68. The number of hydrogen-bond acceptors (Lipinski definition) is 6. The van der Waals surface area contributed by atoms with Gasteiger partial charge in [-0.3, -0.25) is 4.79 Å². The lowest BCUT2D eigenvalue weighted by atomic mass is 10.1. The number of aromatic nitrogens is 2. The van der Waals surface area contributed by atoms with Gasteiger partial charge in [-0.25, -0.2) is 14.4 Å². The van der Waals surface area contributed by atoms with Crippen LogP contribution in [0.1, 0.15) is 6.92 Å². The van der Waals surface area contributed by atoms with Gasteiger partial charge in [0.05, 0.1) is 22.8 Å². The number of carbonyl (C=O) groups excluding carboxylic acids is 1. The zero-order chi connectivity index (χ0) is 24.7. The Morgan fingerprint density at radius 2 is 1.97 bits per heavy atom. The summed E-state index contributed by atoms with van der Waals surface area (Å²) in [5.41, 5.74) is 0.943. The Labute approximate surface area is 196 Å². The van der Waals surface area contributed by atoms with E-state index in [1.54, 1.807) is 0 Å². The molecule has 3 rings (SSSR count). The summed E-state index contributed by atoms with van der Waals surface area (Å²) >= 11 is 5.83. The minimum absolute atomic E-state index is 0.0933. The van der Waals surface area contributed by atoms with E-state index < -0.39 is 17.9 Å². The molecule has 0 spiro atoms. The van der Waals surface area contributed by atoms with Gasteiger partial charge >= 0.3 is 6.18 Å². The maximum absolute atomic E-state index is 13.5. The third-order valence-electron chi connectivity index (χ3n) is 4.29. The number of rotatable bonds is 9. The average molecular weight is 499 g/mol. The van der Waals surface area contributed by atoms with E-state index in [2.05, 4.69) is 20.6 Å². The number of nitrogens with zero attached hydrogens (tertiary/aromatic N) is 2. The van der Waals surface area contributed by atoms with Crippen LogP contribution in [0.2, 0.25) is 5.02 Å². The Balaban J connectivity index is 1.97. The number of halogens is 5. The number of benzene rings is 2. The third kappa shape index (κ3) is 7.03. The number of nitrogens with one attached hydrogen (secondary N) is 2. The van der Waals surface area contributed by atoms with Crippen molar-refractivity contribution in [1.82, 2.24) is 9.97 Å². The van der Waals surface area contributed by atoms with Gasteiger partial charge in [0.2, 0.25) is 5.91 Å². The maximum Gasteiger partial charge on any atom is 0.409 e. The fourth-order valence-corrected chi connectivity index (χ4v) is 2.99. The zero-order valence-electron chi connectivity index (χ0n) is 17.7. The van der Waals surface area contributed by atoms with E-state index in [0.717, 1.165) is 0 Å². The number of allylic oxidation sites excluding steroid dienone is 1. The predicted octanol–water partition coefficient (Wildman–Crippen LogP) is 5.64. The summed E-state index contributed by atoms with van der Waals surface area (Å²) in [6, 6.07) is 6.95. The Kier molecular flexibility index (Phi) is 8.24. The minimum atomic E-state index is -4.64. The number of hydrogen-bond donors (Lipinski definition) is 2. The van der Waals surface area contributed by atoms with Gasteiger partial charge in [-0.15, -0.1) is 0 Å². The van der Waals surface area contributed by atoms with Crippen LogP contribution < -0.4 is 15.4 Å². The van der Waals surface area contributed by atoms with Crippen molar-refractivity contribution in [1.29, 1.82) is 0 Å². The summed E-state index contributed by atoms with van der Waals surface area (Å²) < 4.78 is 61.6. The molecular weight excluding hydrogens is 480 g/mol. The standard InChI is InChI=1S/C22H19ClF4N4O3/c1-2-33-7-8-34-19-11-17-14(10-18(19)31-20(32)5-6-22(25,26)27)21(29-12-28-17)30-13-3-4-16(24)15(23)9-13/h3-6,9-12H,2,7-8H2,1H3,(H,31,32)(H,28,29,30)/b6-5+. The zero-order valence-corrected chi connectivity index (χ0v) is 18.5. The number of amides is 1. The van der Waals surface area contributed by atoms with Gasteiger partial charge in [-0.1, -0.05) is 11.6 Å². The molecule has 12 heteroatoms. The van der Waals surface area contributed by atoms with Gasteiger partial charge in [-0.2, -0.15) is 13.2 Å². The molecule has 1 heterocycles. The molecule has 7 nitrogen and oxygen atoms in total. The van der Waals surface area contributed by atoms with E-state index in [-0.39, 0.29) is 41.6 Å². The Morgan fingerprint density at radius 3 is 2.68 bits per heavy atom. The molecule has 2 N–H and O–H groups in total. The van der Waals surface area contributed by atoms with Crippen molar-refractivity contribution in [3.8, 4) is 5.75 Å². The first-order valence-corrected chi connectivity index (χ1v) is 10.3. The first-order chi connectivity index (χ1) is 16.2. The van der Waals surface area contributed by atoms with Crippen LogP contribution in [-0.4, -0.2) is 41.9 Å². The highest BCUT2D eigenvalue weighted by Gasteiger charge is 2.23. The van der Waals surface area contributed by atoms with Gasteiger partial charge in [0.1, 0.15) is 30.3 Å². The molecule has 0 saturated carbocycles. The number of carbonyl (C=O) groups is 1. The molecule has 1 aromatic heterocycles. The summed E-state index contributed by atoms with van der Waals surface area (Å²) in [4.78, 5) is 20.4. The molecule has 0 aliphatic rings. The third-order valence-corrected chi connectivity index (χ3v) is 4.58. The van der Waals surface area contributed by atoms with E-state index in [9.17, 15) is 22.4 Å². The molecule has 2 aromatic carbocycles. The van der Waals surface area contributed by atoms with Crippen LogP contribution in [-0.2, 0) is 9.53 Å². The fourth-order valence-electron chi connectivity index (χ4n) is 2.81. The molecule has 0 saturated heterocycles. The first-order valence-electron chi connectivity index (χ1n) is 9.94. The number of ether oxygens (including phenoxy) is 2. The number of fused-ring (bicyclic) bond motifs is 1. The van der Waals surface area contributed by atoms with E-state index in [0.29, 0.717) is 29.3 Å². The van der Waals surface area contributed by atoms with Crippen LogP contribution in [0, 0.1) is 5.82 Å². The lowest BCUT2D eigenvalue weighted by Gasteiger charge is -2.15. The molecule has 0 unspecified atom stereocenters. The molecule has 0 aliphatic heterocycles. The van der Waals surface area contributed by atoms with E-state index in [1.165, 1.54) is 36.7 Å². The Morgan fingerprint density at radius 1 is 1.18 bits per heavy atom. The summed E-state index contributed by atoms with van der Waals surface area (Å²) in [6.07, 6.45) is -3.16. The number of alkyl halides is 3. The van der Waals surface area contributed by atoms with Crippen molar-refractivity contribution in [2.45, 2.75) is 13.1 Å². The molecule has 180 valence electrons. The smallest absolute Gasteiger partial charge is 0.409 e. The van der Waals surface area contributed by atoms with E-state index >= 15 is 0 Å². The summed E-state index contributed by atoms with van der Waals surface area (Å²) in [5, 5.41) is 5.67. The second kappa shape index (κ2) is 11.1. The van der Waals surface area contributed by atoms with Crippen LogP contribution in [0.4, 0.5) is 34.8 Å². The van der Waals surface area contributed by atoms with Crippen LogP contribution in [0.5, 0.6) is 5.75 Å². The van der Waals surface area contributed by atoms with Crippen LogP contribution in [0.15, 0.2) is 48.8 Å². The van der Waals surface area contributed by atoms with Gasteiger partial charge < -0.3 is 20.1 Å². The van der Waals surface area contributed by atoms with Crippen LogP contribution >= 0.6 is 11.6 Å². The Hall–Kier alpha value is -3.44. The van der Waals surface area contributed by atoms with Gasteiger partial charge in [-0.05, 0) is 31.2 Å². The van der Waals surface area contributed by atoms with Gasteiger partial charge in [0.25, 0.3) is 0 Å². The van der Waals surface area contributed by atoms with E-state index in [4.69, 9.17) is 21.1 Å². The molecule has 0 fully saturated rings. The minimum Gasteiger partial charge on any atom is -0.489 e. The van der Waals surface area contributed by atoms with Crippen molar-refractivity contribution in [2.24, 2.45) is 0 Å². The van der Waals surface area contributed by atoms with Gasteiger partial charge in [0.15, 0.2) is 0 Å². The molecule has 0 radical (unpaired) electrons. The van der Waals surface area contributed by atoms with Crippen molar-refractivity contribution in [3.05, 3.63) is 59.7 Å². The predicted molar refractivity (Wildman–Crippen MR) is 120 cm³/mol. The molecule has 0 bridgehead atoms. The largest absolute Gasteiger partial charge is 0.489 e. The highest BCUT2D eigenvalue weighted by atomic mass is 35.5. The molecule has 0 atom stereocenters. The van der Waals surface area contributed by atoms with Crippen molar-refractivity contribution in [2.75, 3.05) is 30.5 Å². The summed E-state index contributed by atoms with van der Waals surface area (Å²) in [5.74, 6) is -1.14. The van der Waals surface area contributed by atoms with E-state index in [1.807, 2.05) is 6.92 Å². The molecular formula is C22H19ClF4N4O3. The molecule has 3 aromatic rings. The lowest BCUT2D eigenvalue weighted by molar-refractivity contribution is -0.112. The SMILES string of the molecule is CCOCCOc1cc2ncnc(Nc3ccc(F)c(Cl)c3)c2cc1NC(=O)/C=C/C(F)(F)F. The first kappa shape index (κ1) is 25.2. The van der Waals surface area contributed by atoms with Gasteiger partial charge in [0, 0.05) is 35.9 Å². The van der Waals surface area contributed by atoms with Crippen molar-refractivity contribution < 1.29 is 31.8 Å². The molecule has 1 amide bonds. The second-order valence-electron chi connectivity index (χ2n) is 6.75. The average Bonchev–Trinajstić information content (AvgIpc) is 2.78. The Bertz CT molecular complexity index is 1200. The monoisotopic (exact) mass is 498 g/mol. The quantitative estimate of drug-likeness (QED) is 0.226.